The number of nitrogens with zero attached hydrogens (tertiary/aromatic N) is 2. The summed E-state index contributed by atoms with van der Waals surface area (Å²) in [5.74, 6) is -0.948. The highest BCUT2D eigenvalue weighted by Gasteiger charge is 2.22. The molecule has 2 rings (SSSR count). The Bertz CT molecular complexity index is 545. The van der Waals surface area contributed by atoms with Gasteiger partial charge in [-0.1, -0.05) is 17.7 Å². The molecule has 1 aromatic rings. The van der Waals surface area contributed by atoms with Crippen LogP contribution in [0.25, 0.3) is 6.08 Å². The van der Waals surface area contributed by atoms with Gasteiger partial charge in [-0.2, -0.15) is 0 Å². The predicted molar refractivity (Wildman–Crippen MR) is 87.0 cm³/mol. The number of rotatable bonds is 4. The minimum Gasteiger partial charge on any atom is -0.478 e. The van der Waals surface area contributed by atoms with Crippen molar-refractivity contribution in [2.75, 3.05) is 32.1 Å². The molecule has 0 saturated carbocycles. The van der Waals surface area contributed by atoms with Gasteiger partial charge in [0.25, 0.3) is 0 Å². The molecule has 1 aliphatic rings. The Morgan fingerprint density at radius 1 is 1.52 bits per heavy atom. The molecule has 0 radical (unpaired) electrons. The average molecular weight is 309 g/mol. The van der Waals surface area contributed by atoms with E-state index in [1.54, 1.807) is 12.1 Å². The summed E-state index contributed by atoms with van der Waals surface area (Å²) < 4.78 is 0. The van der Waals surface area contributed by atoms with Crippen LogP contribution in [0.3, 0.4) is 0 Å². The Hall–Kier alpha value is -1.52. The van der Waals surface area contributed by atoms with Gasteiger partial charge in [-0.3, -0.25) is 0 Å². The molecule has 1 atom stereocenters. The first-order valence-corrected chi connectivity index (χ1v) is 7.47. The van der Waals surface area contributed by atoms with Crippen LogP contribution in [0.5, 0.6) is 0 Å². The number of carboxylic acid groups (broad SMARTS) is 1. The van der Waals surface area contributed by atoms with E-state index < -0.39 is 5.97 Å². The second-order valence-corrected chi connectivity index (χ2v) is 5.98. The first kappa shape index (κ1) is 15.9. The van der Waals surface area contributed by atoms with Crippen LogP contribution in [0.15, 0.2) is 24.3 Å². The van der Waals surface area contributed by atoms with Gasteiger partial charge in [-0.05, 0) is 50.2 Å². The van der Waals surface area contributed by atoms with E-state index in [0.717, 1.165) is 36.8 Å². The number of carboxylic acids is 1. The quantitative estimate of drug-likeness (QED) is 0.869. The largest absolute Gasteiger partial charge is 0.478 e. The van der Waals surface area contributed by atoms with E-state index in [4.69, 9.17) is 16.7 Å². The van der Waals surface area contributed by atoms with E-state index in [-0.39, 0.29) is 0 Å². The van der Waals surface area contributed by atoms with Crippen molar-refractivity contribution in [2.24, 2.45) is 0 Å². The normalized spacial score (nSPS) is 19.9. The number of benzene rings is 1. The van der Waals surface area contributed by atoms with E-state index in [2.05, 4.69) is 16.8 Å². The molecule has 1 saturated heterocycles. The summed E-state index contributed by atoms with van der Waals surface area (Å²) in [7, 11) is 4.18. The van der Waals surface area contributed by atoms with Crippen molar-refractivity contribution in [3.05, 3.63) is 34.9 Å². The van der Waals surface area contributed by atoms with Crippen molar-refractivity contribution in [2.45, 2.75) is 18.9 Å². The highest BCUT2D eigenvalue weighted by molar-refractivity contribution is 6.31. The van der Waals surface area contributed by atoms with Crippen LogP contribution in [-0.4, -0.2) is 49.2 Å². The van der Waals surface area contributed by atoms with Crippen LogP contribution in [0, 0.1) is 0 Å². The summed E-state index contributed by atoms with van der Waals surface area (Å²) in [4.78, 5) is 15.3. The molecule has 5 heteroatoms. The molecule has 1 unspecified atom stereocenters. The van der Waals surface area contributed by atoms with Gasteiger partial charge < -0.3 is 14.9 Å². The average Bonchev–Trinajstić information content (AvgIpc) is 2.45. The van der Waals surface area contributed by atoms with Crippen LogP contribution >= 0.6 is 11.6 Å². The van der Waals surface area contributed by atoms with Crippen LogP contribution in [-0.2, 0) is 4.79 Å². The summed E-state index contributed by atoms with van der Waals surface area (Å²) >= 11 is 6.11. The first-order valence-electron chi connectivity index (χ1n) is 7.09. The molecule has 114 valence electrons. The number of anilines is 1. The van der Waals surface area contributed by atoms with Gasteiger partial charge in [0.15, 0.2) is 0 Å². The molecule has 21 heavy (non-hydrogen) atoms. The third kappa shape index (κ3) is 4.22. The monoisotopic (exact) mass is 308 g/mol. The molecule has 0 aromatic heterocycles. The maximum atomic E-state index is 10.7. The van der Waals surface area contributed by atoms with Gasteiger partial charge >= 0.3 is 5.97 Å². The molecule has 0 aliphatic carbocycles. The Labute approximate surface area is 130 Å². The van der Waals surface area contributed by atoms with E-state index in [1.165, 1.54) is 6.42 Å². The second kappa shape index (κ2) is 6.96. The van der Waals surface area contributed by atoms with Crippen LogP contribution in [0.1, 0.15) is 18.4 Å². The Balaban J connectivity index is 2.27. The summed E-state index contributed by atoms with van der Waals surface area (Å²) in [5, 5.41) is 9.47. The third-order valence-corrected chi connectivity index (χ3v) is 4.16. The van der Waals surface area contributed by atoms with Crippen LogP contribution < -0.4 is 4.90 Å². The van der Waals surface area contributed by atoms with Crippen molar-refractivity contribution in [3.8, 4) is 0 Å². The van der Waals surface area contributed by atoms with Crippen LogP contribution in [0.2, 0.25) is 5.02 Å². The van der Waals surface area contributed by atoms with Crippen molar-refractivity contribution in [1.29, 1.82) is 0 Å². The molecular formula is C16H21ClN2O2. The third-order valence-electron chi connectivity index (χ3n) is 3.93. The minimum absolute atomic E-state index is 0.416. The number of piperidine rings is 1. The number of aliphatic carboxylic acids is 1. The van der Waals surface area contributed by atoms with Gasteiger partial charge in [0.1, 0.15) is 0 Å². The zero-order valence-electron chi connectivity index (χ0n) is 12.4. The van der Waals surface area contributed by atoms with Gasteiger partial charge in [0.05, 0.1) is 0 Å². The molecule has 0 spiro atoms. The summed E-state index contributed by atoms with van der Waals surface area (Å²) in [6, 6.07) is 5.96. The molecule has 1 aromatic carbocycles. The highest BCUT2D eigenvalue weighted by atomic mass is 35.5. The molecule has 0 amide bonds. The number of halogens is 1. The molecule has 1 fully saturated rings. The fourth-order valence-electron chi connectivity index (χ4n) is 2.78. The first-order chi connectivity index (χ1) is 9.97. The zero-order chi connectivity index (χ0) is 15.4. The zero-order valence-corrected chi connectivity index (χ0v) is 13.2. The summed E-state index contributed by atoms with van der Waals surface area (Å²) in [5.41, 5.74) is 1.85. The molecular weight excluding hydrogens is 288 g/mol. The highest BCUT2D eigenvalue weighted by Crippen LogP contribution is 2.28. The van der Waals surface area contributed by atoms with E-state index in [0.29, 0.717) is 11.1 Å². The number of hydrogen-bond acceptors (Lipinski definition) is 3. The van der Waals surface area contributed by atoms with E-state index >= 15 is 0 Å². The maximum absolute atomic E-state index is 10.7. The van der Waals surface area contributed by atoms with Gasteiger partial charge in [-0.25, -0.2) is 4.79 Å². The second-order valence-electron chi connectivity index (χ2n) is 5.54. The summed E-state index contributed by atoms with van der Waals surface area (Å²) in [6.45, 7) is 2.14. The Morgan fingerprint density at radius 2 is 2.29 bits per heavy atom. The number of hydrogen-bond donors (Lipinski definition) is 1. The minimum atomic E-state index is -0.948. The lowest BCUT2D eigenvalue weighted by molar-refractivity contribution is -0.131. The van der Waals surface area contributed by atoms with Crippen molar-refractivity contribution in [3.63, 3.8) is 0 Å². The van der Waals surface area contributed by atoms with Crippen molar-refractivity contribution in [1.82, 2.24) is 4.90 Å². The molecule has 1 N–H and O–H groups in total. The SMILES string of the molecule is CN1CCCC(N(C)c2cc(Cl)ccc2/C=C/C(=O)O)C1. The summed E-state index contributed by atoms with van der Waals surface area (Å²) in [6.07, 6.45) is 5.09. The van der Waals surface area contributed by atoms with Gasteiger partial charge in [-0.15, -0.1) is 0 Å². The lowest BCUT2D eigenvalue weighted by atomic mass is 10.0. The maximum Gasteiger partial charge on any atom is 0.328 e. The van der Waals surface area contributed by atoms with Gasteiger partial charge in [0.2, 0.25) is 0 Å². The van der Waals surface area contributed by atoms with Gasteiger partial charge in [0, 0.05) is 36.4 Å². The lowest BCUT2D eigenvalue weighted by Gasteiger charge is -2.37. The number of likely N-dealkylation sites (tertiary alicyclic amines) is 1. The smallest absolute Gasteiger partial charge is 0.328 e. The van der Waals surface area contributed by atoms with Crippen LogP contribution in [0.4, 0.5) is 5.69 Å². The standard InChI is InChI=1S/C16H21ClN2O2/c1-18-9-3-4-14(11-18)19(2)15-10-13(17)7-5-12(15)6-8-16(20)21/h5-8,10,14H,3-4,9,11H2,1-2H3,(H,20,21)/b8-6+. The lowest BCUT2D eigenvalue weighted by Crippen LogP contribution is -2.45. The van der Waals surface area contributed by atoms with Crippen molar-refractivity contribution >= 4 is 29.3 Å². The fourth-order valence-corrected chi connectivity index (χ4v) is 2.94. The van der Waals surface area contributed by atoms with E-state index in [1.807, 2.05) is 19.2 Å². The fraction of sp³-hybridized carbons (Fsp3) is 0.438. The van der Waals surface area contributed by atoms with Crippen molar-refractivity contribution < 1.29 is 9.90 Å². The Kier molecular flexibility index (Phi) is 5.26. The number of likely N-dealkylation sites (N-methyl/N-ethyl adjacent to an activating group) is 2. The predicted octanol–water partition coefficient (Wildman–Crippen LogP) is 2.97. The molecule has 1 aliphatic heterocycles. The molecule has 4 nitrogen and oxygen atoms in total. The Morgan fingerprint density at radius 3 is 2.95 bits per heavy atom. The molecule has 1 heterocycles. The molecule has 0 bridgehead atoms. The topological polar surface area (TPSA) is 43.8 Å². The van der Waals surface area contributed by atoms with E-state index in [9.17, 15) is 4.79 Å². The number of carbonyl (C=O) groups is 1.